The highest BCUT2D eigenvalue weighted by molar-refractivity contribution is 5.92. The van der Waals surface area contributed by atoms with Gasteiger partial charge in [0.25, 0.3) is 5.91 Å². The van der Waals surface area contributed by atoms with Crippen LogP contribution in [0.25, 0.3) is 5.69 Å². The van der Waals surface area contributed by atoms with E-state index in [4.69, 9.17) is 4.74 Å². The van der Waals surface area contributed by atoms with Crippen LogP contribution in [0.15, 0.2) is 36.5 Å². The largest absolute Gasteiger partial charge is 0.372 e. The number of benzene rings is 1. The third-order valence-electron chi connectivity index (χ3n) is 3.44. The molecular formula is C15H18N4O2. The lowest BCUT2D eigenvalue weighted by Gasteiger charge is -2.34. The Bertz CT molecular complexity index is 616. The molecule has 0 bridgehead atoms. The summed E-state index contributed by atoms with van der Waals surface area (Å²) in [6.45, 7) is 5.11. The zero-order chi connectivity index (χ0) is 14.8. The Morgan fingerprint density at radius 3 is 2.52 bits per heavy atom. The standard InChI is InChI=1S/C15H18N4O2/c1-11-8-18(9-12(2)21-11)15(20)14-10-19(17-16-14)13-6-4-3-5-7-13/h3-7,10-12H,8-9H2,1-2H3/t11-,12-/m1/s1. The third kappa shape index (κ3) is 2.95. The van der Waals surface area contributed by atoms with Crippen molar-refractivity contribution in [2.75, 3.05) is 13.1 Å². The number of rotatable bonds is 2. The van der Waals surface area contributed by atoms with Crippen molar-refractivity contribution in [2.45, 2.75) is 26.1 Å². The molecule has 1 aliphatic rings. The number of para-hydroxylation sites is 1. The molecule has 0 radical (unpaired) electrons. The van der Waals surface area contributed by atoms with Gasteiger partial charge in [0.1, 0.15) is 0 Å². The summed E-state index contributed by atoms with van der Waals surface area (Å²) in [4.78, 5) is 14.3. The summed E-state index contributed by atoms with van der Waals surface area (Å²) in [6, 6.07) is 9.61. The van der Waals surface area contributed by atoms with Gasteiger partial charge in [-0.3, -0.25) is 4.79 Å². The second-order valence-electron chi connectivity index (χ2n) is 5.35. The SMILES string of the molecule is C[C@@H]1CN(C(=O)c2cn(-c3ccccc3)nn2)C[C@@H](C)O1. The minimum Gasteiger partial charge on any atom is -0.372 e. The smallest absolute Gasteiger partial charge is 0.276 e. The number of aromatic nitrogens is 3. The molecule has 6 nitrogen and oxygen atoms in total. The van der Waals surface area contributed by atoms with Gasteiger partial charge < -0.3 is 9.64 Å². The second kappa shape index (κ2) is 5.65. The van der Waals surface area contributed by atoms with Gasteiger partial charge in [0.05, 0.1) is 24.1 Å². The zero-order valence-electron chi connectivity index (χ0n) is 12.1. The van der Waals surface area contributed by atoms with Crippen LogP contribution in [0.1, 0.15) is 24.3 Å². The van der Waals surface area contributed by atoms with Gasteiger partial charge in [-0.15, -0.1) is 5.10 Å². The van der Waals surface area contributed by atoms with Crippen LogP contribution in [0.4, 0.5) is 0 Å². The average molecular weight is 286 g/mol. The Labute approximate surface area is 123 Å². The monoisotopic (exact) mass is 286 g/mol. The highest BCUT2D eigenvalue weighted by Gasteiger charge is 2.28. The molecular weight excluding hydrogens is 268 g/mol. The lowest BCUT2D eigenvalue weighted by atomic mass is 10.2. The van der Waals surface area contributed by atoms with Gasteiger partial charge in [-0.1, -0.05) is 23.4 Å². The van der Waals surface area contributed by atoms with Crippen molar-refractivity contribution in [1.82, 2.24) is 19.9 Å². The van der Waals surface area contributed by atoms with E-state index in [1.807, 2.05) is 44.2 Å². The van der Waals surface area contributed by atoms with Crippen LogP contribution in [0, 0.1) is 0 Å². The van der Waals surface area contributed by atoms with E-state index in [0.717, 1.165) is 5.69 Å². The van der Waals surface area contributed by atoms with E-state index in [2.05, 4.69) is 10.3 Å². The van der Waals surface area contributed by atoms with Crippen molar-refractivity contribution in [3.63, 3.8) is 0 Å². The number of hydrogen-bond donors (Lipinski definition) is 0. The number of hydrogen-bond acceptors (Lipinski definition) is 4. The molecule has 110 valence electrons. The first-order valence-corrected chi connectivity index (χ1v) is 7.06. The predicted octanol–water partition coefficient (Wildman–Crippen LogP) is 1.52. The molecule has 1 saturated heterocycles. The van der Waals surface area contributed by atoms with E-state index >= 15 is 0 Å². The van der Waals surface area contributed by atoms with Gasteiger partial charge in [-0.2, -0.15) is 0 Å². The fourth-order valence-corrected chi connectivity index (χ4v) is 2.57. The molecule has 1 amide bonds. The van der Waals surface area contributed by atoms with Gasteiger partial charge in [0.15, 0.2) is 5.69 Å². The Kier molecular flexibility index (Phi) is 3.70. The van der Waals surface area contributed by atoms with Gasteiger partial charge in [-0.05, 0) is 26.0 Å². The van der Waals surface area contributed by atoms with Crippen molar-refractivity contribution >= 4 is 5.91 Å². The molecule has 2 heterocycles. The Balaban J connectivity index is 1.78. The topological polar surface area (TPSA) is 60.2 Å². The predicted molar refractivity (Wildman–Crippen MR) is 77.3 cm³/mol. The van der Waals surface area contributed by atoms with Crippen molar-refractivity contribution in [3.05, 3.63) is 42.2 Å². The number of carbonyl (C=O) groups excluding carboxylic acids is 1. The lowest BCUT2D eigenvalue weighted by Crippen LogP contribution is -2.48. The van der Waals surface area contributed by atoms with E-state index in [9.17, 15) is 4.79 Å². The van der Waals surface area contributed by atoms with Gasteiger partial charge in [-0.25, -0.2) is 4.68 Å². The van der Waals surface area contributed by atoms with Crippen molar-refractivity contribution in [2.24, 2.45) is 0 Å². The fraction of sp³-hybridized carbons (Fsp3) is 0.400. The first kappa shape index (κ1) is 13.8. The van der Waals surface area contributed by atoms with E-state index in [0.29, 0.717) is 18.8 Å². The molecule has 0 aliphatic carbocycles. The molecule has 1 aromatic heterocycles. The van der Waals surface area contributed by atoms with E-state index in [-0.39, 0.29) is 18.1 Å². The van der Waals surface area contributed by atoms with Crippen LogP contribution in [-0.4, -0.2) is 51.1 Å². The van der Waals surface area contributed by atoms with Gasteiger partial charge in [0, 0.05) is 13.1 Å². The molecule has 1 aliphatic heterocycles. The minimum atomic E-state index is -0.0980. The van der Waals surface area contributed by atoms with Crippen LogP contribution in [0.5, 0.6) is 0 Å². The zero-order valence-corrected chi connectivity index (χ0v) is 12.1. The second-order valence-corrected chi connectivity index (χ2v) is 5.35. The summed E-state index contributed by atoms with van der Waals surface area (Å²) in [5, 5.41) is 8.03. The quantitative estimate of drug-likeness (QED) is 0.839. The van der Waals surface area contributed by atoms with Crippen LogP contribution in [-0.2, 0) is 4.74 Å². The van der Waals surface area contributed by atoms with Gasteiger partial charge >= 0.3 is 0 Å². The maximum atomic E-state index is 12.5. The normalized spacial score (nSPS) is 22.3. The van der Waals surface area contributed by atoms with Crippen LogP contribution >= 0.6 is 0 Å². The summed E-state index contributed by atoms with van der Waals surface area (Å²) < 4.78 is 7.25. The Morgan fingerprint density at radius 1 is 1.19 bits per heavy atom. The Morgan fingerprint density at radius 2 is 1.86 bits per heavy atom. The number of amides is 1. The maximum Gasteiger partial charge on any atom is 0.276 e. The van der Waals surface area contributed by atoms with E-state index in [1.165, 1.54) is 0 Å². The molecule has 3 rings (SSSR count). The molecule has 2 atom stereocenters. The van der Waals surface area contributed by atoms with E-state index < -0.39 is 0 Å². The fourth-order valence-electron chi connectivity index (χ4n) is 2.57. The summed E-state index contributed by atoms with van der Waals surface area (Å²) in [5.74, 6) is -0.0980. The summed E-state index contributed by atoms with van der Waals surface area (Å²) in [6.07, 6.45) is 1.76. The molecule has 0 spiro atoms. The highest BCUT2D eigenvalue weighted by atomic mass is 16.5. The van der Waals surface area contributed by atoms with Crippen molar-refractivity contribution in [3.8, 4) is 5.69 Å². The first-order chi connectivity index (χ1) is 10.1. The van der Waals surface area contributed by atoms with Crippen molar-refractivity contribution < 1.29 is 9.53 Å². The van der Waals surface area contributed by atoms with E-state index in [1.54, 1.807) is 15.8 Å². The summed E-state index contributed by atoms with van der Waals surface area (Å²) in [5.41, 5.74) is 1.24. The third-order valence-corrected chi connectivity index (χ3v) is 3.44. The summed E-state index contributed by atoms with van der Waals surface area (Å²) in [7, 11) is 0. The number of ether oxygens (including phenoxy) is 1. The van der Waals surface area contributed by atoms with Crippen LogP contribution in [0.2, 0.25) is 0 Å². The molecule has 2 aromatic rings. The van der Waals surface area contributed by atoms with Crippen molar-refractivity contribution in [1.29, 1.82) is 0 Å². The first-order valence-electron chi connectivity index (χ1n) is 7.06. The number of morpholine rings is 1. The summed E-state index contributed by atoms with van der Waals surface area (Å²) >= 11 is 0. The molecule has 0 unspecified atom stereocenters. The molecule has 21 heavy (non-hydrogen) atoms. The molecule has 1 fully saturated rings. The molecule has 1 aromatic carbocycles. The molecule has 0 saturated carbocycles. The number of nitrogens with zero attached hydrogens (tertiary/aromatic N) is 4. The Hall–Kier alpha value is -2.21. The highest BCUT2D eigenvalue weighted by Crippen LogP contribution is 2.14. The van der Waals surface area contributed by atoms with Crippen LogP contribution < -0.4 is 0 Å². The average Bonchev–Trinajstić information content (AvgIpc) is 2.96. The minimum absolute atomic E-state index is 0.0434. The van der Waals surface area contributed by atoms with Gasteiger partial charge in [0.2, 0.25) is 0 Å². The maximum absolute atomic E-state index is 12.5. The molecule has 0 N–H and O–H groups in total. The molecule has 6 heteroatoms. The van der Waals surface area contributed by atoms with Crippen LogP contribution in [0.3, 0.4) is 0 Å². The lowest BCUT2D eigenvalue weighted by molar-refractivity contribution is -0.0587. The number of carbonyl (C=O) groups is 1.